The van der Waals surface area contributed by atoms with Gasteiger partial charge in [-0.1, -0.05) is 6.07 Å². The Hall–Kier alpha value is -2.12. The summed E-state index contributed by atoms with van der Waals surface area (Å²) in [6.45, 7) is 3.35. The summed E-state index contributed by atoms with van der Waals surface area (Å²) in [4.78, 5) is 18.3. The molecule has 122 valence electrons. The van der Waals surface area contributed by atoms with Crippen LogP contribution in [-0.2, 0) is 4.79 Å². The molecule has 2 aromatic rings. The largest absolute Gasteiger partial charge is 0.497 e. The van der Waals surface area contributed by atoms with Crippen molar-refractivity contribution in [2.24, 2.45) is 0 Å². The number of thiazole rings is 1. The van der Waals surface area contributed by atoms with Crippen LogP contribution >= 0.6 is 11.3 Å². The van der Waals surface area contributed by atoms with Crippen LogP contribution in [0.15, 0.2) is 35.8 Å². The summed E-state index contributed by atoms with van der Waals surface area (Å²) in [5, 5.41) is 5.29. The van der Waals surface area contributed by atoms with E-state index in [1.165, 1.54) is 11.3 Å². The molecule has 1 aliphatic rings. The number of benzene rings is 1. The summed E-state index contributed by atoms with van der Waals surface area (Å²) in [6.07, 6.45) is 1.77. The summed E-state index contributed by atoms with van der Waals surface area (Å²) < 4.78 is 11.1. The normalized spacial score (nSPS) is 16.4. The number of nitrogens with zero attached hydrogens (tertiary/aromatic N) is 2. The number of ether oxygens (including phenoxy) is 2. The van der Waals surface area contributed by atoms with Crippen LogP contribution in [0.5, 0.6) is 11.5 Å². The van der Waals surface area contributed by atoms with E-state index < -0.39 is 0 Å². The van der Waals surface area contributed by atoms with Crippen LogP contribution in [0.4, 0.5) is 5.13 Å². The minimum atomic E-state index is -0.205. The van der Waals surface area contributed by atoms with Gasteiger partial charge in [-0.25, -0.2) is 4.98 Å². The first kappa shape index (κ1) is 15.8. The number of carbonyl (C=O) groups excluding carboxylic acids is 1. The first-order valence-electron chi connectivity index (χ1n) is 7.41. The fourth-order valence-electron chi connectivity index (χ4n) is 2.39. The number of nitrogens with one attached hydrogen (secondary N) is 1. The highest BCUT2D eigenvalue weighted by Gasteiger charge is 2.35. The molecule has 0 saturated carbocycles. The first-order chi connectivity index (χ1) is 11.2. The lowest BCUT2D eigenvalue weighted by molar-refractivity contribution is -0.124. The Bertz CT molecular complexity index is 656. The molecular weight excluding hydrogens is 314 g/mol. The van der Waals surface area contributed by atoms with Gasteiger partial charge < -0.3 is 14.8 Å². The lowest BCUT2D eigenvalue weighted by Gasteiger charge is -2.41. The van der Waals surface area contributed by atoms with Crippen molar-refractivity contribution < 1.29 is 14.3 Å². The lowest BCUT2D eigenvalue weighted by Crippen LogP contribution is -2.59. The van der Waals surface area contributed by atoms with Crippen LogP contribution in [0.1, 0.15) is 6.92 Å². The SMILES string of the molecule is COc1cccc(OC2CN([C@H](C)C(=O)Nc3nccs3)C2)c1. The fraction of sp³-hybridized carbons (Fsp3) is 0.375. The van der Waals surface area contributed by atoms with Gasteiger partial charge in [-0.3, -0.25) is 9.69 Å². The zero-order valence-electron chi connectivity index (χ0n) is 13.1. The summed E-state index contributed by atoms with van der Waals surface area (Å²) >= 11 is 1.41. The van der Waals surface area contributed by atoms with Crippen LogP contribution in [-0.4, -0.2) is 48.1 Å². The molecule has 0 unspecified atom stereocenters. The van der Waals surface area contributed by atoms with Gasteiger partial charge in [0.1, 0.15) is 17.6 Å². The summed E-state index contributed by atoms with van der Waals surface area (Å²) in [5.74, 6) is 1.52. The molecule has 1 amide bonds. The first-order valence-corrected chi connectivity index (χ1v) is 8.29. The van der Waals surface area contributed by atoms with Crippen LogP contribution in [0.3, 0.4) is 0 Å². The Morgan fingerprint density at radius 2 is 2.22 bits per heavy atom. The molecule has 1 N–H and O–H groups in total. The fourth-order valence-corrected chi connectivity index (χ4v) is 2.92. The van der Waals surface area contributed by atoms with Crippen molar-refractivity contribution in [3.8, 4) is 11.5 Å². The molecule has 1 aromatic carbocycles. The molecule has 1 aliphatic heterocycles. The maximum atomic E-state index is 12.1. The molecular formula is C16H19N3O3S. The van der Waals surface area contributed by atoms with Crippen molar-refractivity contribution in [1.29, 1.82) is 0 Å². The molecule has 0 aliphatic carbocycles. The predicted molar refractivity (Wildman–Crippen MR) is 89.2 cm³/mol. The van der Waals surface area contributed by atoms with Crippen LogP contribution in [0, 0.1) is 0 Å². The highest BCUT2D eigenvalue weighted by molar-refractivity contribution is 7.13. The molecule has 3 rings (SSSR count). The van der Waals surface area contributed by atoms with Gasteiger partial charge in [-0.2, -0.15) is 0 Å². The number of rotatable bonds is 6. The second kappa shape index (κ2) is 6.97. The third-order valence-electron chi connectivity index (χ3n) is 3.81. The van der Waals surface area contributed by atoms with Crippen LogP contribution in [0.2, 0.25) is 0 Å². The van der Waals surface area contributed by atoms with E-state index >= 15 is 0 Å². The van der Waals surface area contributed by atoms with Crippen molar-refractivity contribution in [1.82, 2.24) is 9.88 Å². The highest BCUT2D eigenvalue weighted by Crippen LogP contribution is 2.24. The predicted octanol–water partition coefficient (Wildman–Crippen LogP) is 2.24. The molecule has 7 heteroatoms. The minimum absolute atomic E-state index is 0.0419. The van der Waals surface area contributed by atoms with E-state index in [1.54, 1.807) is 13.3 Å². The Kier molecular flexibility index (Phi) is 4.78. The molecule has 0 spiro atoms. The minimum Gasteiger partial charge on any atom is -0.497 e. The van der Waals surface area contributed by atoms with Crippen molar-refractivity contribution in [2.45, 2.75) is 19.1 Å². The van der Waals surface area contributed by atoms with Gasteiger partial charge in [0.15, 0.2) is 5.13 Å². The smallest absolute Gasteiger partial charge is 0.243 e. The molecule has 0 bridgehead atoms. The Labute approximate surface area is 139 Å². The Morgan fingerprint density at radius 3 is 2.91 bits per heavy atom. The summed E-state index contributed by atoms with van der Waals surface area (Å²) in [5.41, 5.74) is 0. The van der Waals surface area contributed by atoms with Crippen LogP contribution < -0.4 is 14.8 Å². The van der Waals surface area contributed by atoms with Crippen LogP contribution in [0.25, 0.3) is 0 Å². The average molecular weight is 333 g/mol. The number of methoxy groups -OCH3 is 1. The monoisotopic (exact) mass is 333 g/mol. The third-order valence-corrected chi connectivity index (χ3v) is 4.50. The average Bonchev–Trinajstić information content (AvgIpc) is 3.03. The second-order valence-corrected chi connectivity index (χ2v) is 6.27. The zero-order chi connectivity index (χ0) is 16.2. The number of aromatic nitrogens is 1. The molecule has 6 nitrogen and oxygen atoms in total. The van der Waals surface area contributed by atoms with E-state index in [9.17, 15) is 4.79 Å². The lowest BCUT2D eigenvalue weighted by atomic mass is 10.1. The molecule has 1 saturated heterocycles. The van der Waals surface area contributed by atoms with Gasteiger partial charge in [0.25, 0.3) is 0 Å². The number of hydrogen-bond acceptors (Lipinski definition) is 6. The van der Waals surface area contributed by atoms with E-state index in [2.05, 4.69) is 15.2 Å². The maximum absolute atomic E-state index is 12.1. The van der Waals surface area contributed by atoms with E-state index in [1.807, 2.05) is 36.6 Å². The molecule has 1 aromatic heterocycles. The van der Waals surface area contributed by atoms with Crippen molar-refractivity contribution in [3.63, 3.8) is 0 Å². The molecule has 1 atom stereocenters. The zero-order valence-corrected chi connectivity index (χ0v) is 13.9. The van der Waals surface area contributed by atoms with E-state index in [4.69, 9.17) is 9.47 Å². The summed E-state index contributed by atoms with van der Waals surface area (Å²) in [7, 11) is 1.63. The number of carbonyl (C=O) groups is 1. The summed E-state index contributed by atoms with van der Waals surface area (Å²) in [6, 6.07) is 7.34. The molecule has 1 fully saturated rings. The van der Waals surface area contributed by atoms with E-state index in [-0.39, 0.29) is 18.1 Å². The number of likely N-dealkylation sites (tertiary alicyclic amines) is 1. The number of anilines is 1. The van der Waals surface area contributed by atoms with Gasteiger partial charge in [-0.05, 0) is 19.1 Å². The Balaban J connectivity index is 1.47. The topological polar surface area (TPSA) is 63.7 Å². The maximum Gasteiger partial charge on any atom is 0.243 e. The van der Waals surface area contributed by atoms with Crippen molar-refractivity contribution >= 4 is 22.4 Å². The van der Waals surface area contributed by atoms with Gasteiger partial charge in [-0.15, -0.1) is 11.3 Å². The van der Waals surface area contributed by atoms with Crippen molar-refractivity contribution in [2.75, 3.05) is 25.5 Å². The van der Waals surface area contributed by atoms with Crippen molar-refractivity contribution in [3.05, 3.63) is 35.8 Å². The van der Waals surface area contributed by atoms with Gasteiger partial charge >= 0.3 is 0 Å². The standard InChI is InChI=1S/C16H19N3O3S/c1-11(15(20)18-16-17-6-7-23-16)19-9-14(10-19)22-13-5-3-4-12(8-13)21-2/h3-8,11,14H,9-10H2,1-2H3,(H,17,18,20)/t11-/m1/s1. The Morgan fingerprint density at radius 1 is 1.43 bits per heavy atom. The third kappa shape index (κ3) is 3.80. The second-order valence-electron chi connectivity index (χ2n) is 5.38. The molecule has 23 heavy (non-hydrogen) atoms. The van der Waals surface area contributed by atoms with E-state index in [0.717, 1.165) is 24.6 Å². The number of amides is 1. The quantitative estimate of drug-likeness (QED) is 0.878. The molecule has 2 heterocycles. The van der Waals surface area contributed by atoms with E-state index in [0.29, 0.717) is 5.13 Å². The highest BCUT2D eigenvalue weighted by atomic mass is 32.1. The number of hydrogen-bond donors (Lipinski definition) is 1. The van der Waals surface area contributed by atoms with Gasteiger partial charge in [0.05, 0.1) is 13.2 Å². The van der Waals surface area contributed by atoms with Gasteiger partial charge in [0.2, 0.25) is 5.91 Å². The van der Waals surface area contributed by atoms with Gasteiger partial charge in [0, 0.05) is 30.7 Å². The molecule has 0 radical (unpaired) electrons.